The van der Waals surface area contributed by atoms with Crippen LogP contribution in [0.25, 0.3) is 0 Å². The summed E-state index contributed by atoms with van der Waals surface area (Å²) in [4.78, 5) is 12.3. The molecule has 0 aliphatic heterocycles. The van der Waals surface area contributed by atoms with Gasteiger partial charge in [0, 0.05) is 0 Å². The average Bonchev–Trinajstić information content (AvgIpc) is 2.57. The minimum absolute atomic E-state index is 0.300. The Morgan fingerprint density at radius 2 is 1.45 bits per heavy atom. The predicted molar refractivity (Wildman–Crippen MR) is 86.8 cm³/mol. The largest absolute Gasteiger partial charge is 0.413 e. The predicted octanol–water partition coefficient (Wildman–Crippen LogP) is 4.63. The van der Waals surface area contributed by atoms with E-state index in [-0.39, 0.29) is 11.6 Å². The van der Waals surface area contributed by atoms with Crippen LogP contribution in [-0.4, -0.2) is 6.09 Å². The summed E-state index contributed by atoms with van der Waals surface area (Å²) in [6, 6.07) is 19.4. The minimum Gasteiger partial charge on any atom is -0.410 e. The SMILES string of the molecule is O=C(NC1(c2ccccc2)CCCCC1)Oc1ccccc1. The van der Waals surface area contributed by atoms with Crippen molar-refractivity contribution in [3.63, 3.8) is 0 Å². The van der Waals surface area contributed by atoms with Crippen molar-refractivity contribution in [2.45, 2.75) is 37.6 Å². The topological polar surface area (TPSA) is 38.3 Å². The highest BCUT2D eigenvalue weighted by molar-refractivity contribution is 5.71. The molecule has 0 heterocycles. The summed E-state index contributed by atoms with van der Waals surface area (Å²) < 4.78 is 5.41. The van der Waals surface area contributed by atoms with Crippen molar-refractivity contribution in [2.75, 3.05) is 0 Å². The fourth-order valence-electron chi connectivity index (χ4n) is 3.21. The molecule has 0 aromatic heterocycles. The lowest BCUT2D eigenvalue weighted by molar-refractivity contribution is 0.167. The van der Waals surface area contributed by atoms with Crippen LogP contribution in [0.1, 0.15) is 37.7 Å². The molecule has 3 heteroatoms. The lowest BCUT2D eigenvalue weighted by Gasteiger charge is -2.38. The van der Waals surface area contributed by atoms with Crippen molar-refractivity contribution in [1.82, 2.24) is 5.32 Å². The second-order valence-corrected chi connectivity index (χ2v) is 5.84. The number of hydrogen-bond donors (Lipinski definition) is 1. The Kier molecular flexibility index (Phi) is 4.42. The van der Waals surface area contributed by atoms with Gasteiger partial charge in [0.25, 0.3) is 0 Å². The van der Waals surface area contributed by atoms with Gasteiger partial charge in [-0.1, -0.05) is 67.8 Å². The normalized spacial score (nSPS) is 16.7. The Bertz CT molecular complexity index is 604. The minimum atomic E-state index is -0.378. The van der Waals surface area contributed by atoms with E-state index in [4.69, 9.17) is 4.74 Å². The molecule has 0 radical (unpaired) electrons. The van der Waals surface area contributed by atoms with E-state index in [1.54, 1.807) is 12.1 Å². The van der Waals surface area contributed by atoms with Crippen molar-refractivity contribution in [1.29, 1.82) is 0 Å². The molecular formula is C19H21NO2. The van der Waals surface area contributed by atoms with Crippen molar-refractivity contribution in [3.05, 3.63) is 66.2 Å². The standard InChI is InChI=1S/C19H21NO2/c21-18(22-17-12-6-2-7-13-17)20-19(14-8-3-9-15-19)16-10-4-1-5-11-16/h1-2,4-7,10-13H,3,8-9,14-15H2,(H,20,21). The number of hydrogen-bond acceptors (Lipinski definition) is 2. The molecule has 0 bridgehead atoms. The van der Waals surface area contributed by atoms with Gasteiger partial charge in [-0.2, -0.15) is 0 Å². The zero-order chi connectivity index (χ0) is 15.3. The van der Waals surface area contributed by atoms with Crippen LogP contribution in [0.2, 0.25) is 0 Å². The maximum atomic E-state index is 12.3. The number of benzene rings is 2. The smallest absolute Gasteiger partial charge is 0.410 e. The van der Waals surface area contributed by atoms with E-state index in [0.717, 1.165) is 25.7 Å². The van der Waals surface area contributed by atoms with Crippen LogP contribution >= 0.6 is 0 Å². The molecule has 0 spiro atoms. The fraction of sp³-hybridized carbons (Fsp3) is 0.316. The van der Waals surface area contributed by atoms with E-state index in [1.807, 2.05) is 36.4 Å². The summed E-state index contributed by atoms with van der Waals surface area (Å²) in [5, 5.41) is 3.14. The van der Waals surface area contributed by atoms with Gasteiger partial charge in [0.15, 0.2) is 0 Å². The first-order valence-electron chi connectivity index (χ1n) is 7.89. The third kappa shape index (κ3) is 3.30. The summed E-state index contributed by atoms with van der Waals surface area (Å²) in [6.07, 6.45) is 5.02. The molecule has 114 valence electrons. The summed E-state index contributed by atoms with van der Waals surface area (Å²) in [6.45, 7) is 0. The molecule has 2 aromatic rings. The van der Waals surface area contributed by atoms with E-state index in [0.29, 0.717) is 5.75 Å². The van der Waals surface area contributed by atoms with E-state index >= 15 is 0 Å². The van der Waals surface area contributed by atoms with Crippen LogP contribution < -0.4 is 10.1 Å². The lowest BCUT2D eigenvalue weighted by Crippen LogP contribution is -2.48. The van der Waals surface area contributed by atoms with E-state index in [9.17, 15) is 4.79 Å². The molecular weight excluding hydrogens is 274 g/mol. The van der Waals surface area contributed by atoms with Crippen LogP contribution in [0, 0.1) is 0 Å². The van der Waals surface area contributed by atoms with E-state index in [2.05, 4.69) is 17.4 Å². The highest BCUT2D eigenvalue weighted by Gasteiger charge is 2.35. The first-order chi connectivity index (χ1) is 10.8. The number of rotatable bonds is 3. The zero-order valence-electron chi connectivity index (χ0n) is 12.6. The van der Waals surface area contributed by atoms with Gasteiger partial charge < -0.3 is 10.1 Å². The molecule has 22 heavy (non-hydrogen) atoms. The first-order valence-corrected chi connectivity index (χ1v) is 7.89. The Hall–Kier alpha value is -2.29. The third-order valence-electron chi connectivity index (χ3n) is 4.33. The van der Waals surface area contributed by atoms with Crippen LogP contribution in [0.4, 0.5) is 4.79 Å². The van der Waals surface area contributed by atoms with E-state index in [1.165, 1.54) is 12.0 Å². The van der Waals surface area contributed by atoms with E-state index < -0.39 is 0 Å². The van der Waals surface area contributed by atoms with Crippen molar-refractivity contribution >= 4 is 6.09 Å². The van der Waals surface area contributed by atoms with Gasteiger partial charge in [-0.25, -0.2) is 4.79 Å². The number of nitrogens with one attached hydrogen (secondary N) is 1. The molecule has 2 aromatic carbocycles. The molecule has 1 aliphatic rings. The Labute approximate surface area is 131 Å². The molecule has 1 saturated carbocycles. The molecule has 1 fully saturated rings. The zero-order valence-corrected chi connectivity index (χ0v) is 12.6. The van der Waals surface area contributed by atoms with Crippen LogP contribution in [0.5, 0.6) is 5.75 Å². The van der Waals surface area contributed by atoms with Crippen LogP contribution in [0.3, 0.4) is 0 Å². The van der Waals surface area contributed by atoms with Gasteiger partial charge >= 0.3 is 6.09 Å². The quantitative estimate of drug-likeness (QED) is 0.896. The molecule has 1 N–H and O–H groups in total. The molecule has 3 rings (SSSR count). The van der Waals surface area contributed by atoms with Gasteiger partial charge in [-0.05, 0) is 30.5 Å². The molecule has 0 saturated heterocycles. The maximum absolute atomic E-state index is 12.3. The summed E-state index contributed by atoms with van der Waals surface area (Å²) in [5.41, 5.74) is 0.866. The second-order valence-electron chi connectivity index (χ2n) is 5.84. The Balaban J connectivity index is 1.77. The fourth-order valence-corrected chi connectivity index (χ4v) is 3.21. The third-order valence-corrected chi connectivity index (χ3v) is 4.33. The first kappa shape index (κ1) is 14.6. The number of para-hydroxylation sites is 1. The van der Waals surface area contributed by atoms with Crippen LogP contribution in [-0.2, 0) is 5.54 Å². The van der Waals surface area contributed by atoms with Crippen LogP contribution in [0.15, 0.2) is 60.7 Å². The number of carbonyl (C=O) groups excluding carboxylic acids is 1. The Morgan fingerprint density at radius 1 is 0.864 bits per heavy atom. The highest BCUT2D eigenvalue weighted by atomic mass is 16.6. The van der Waals surface area contributed by atoms with Gasteiger partial charge in [-0.15, -0.1) is 0 Å². The average molecular weight is 295 g/mol. The summed E-state index contributed by atoms with van der Waals surface area (Å²) in [5.74, 6) is 0.569. The summed E-state index contributed by atoms with van der Waals surface area (Å²) >= 11 is 0. The summed E-state index contributed by atoms with van der Waals surface area (Å²) in [7, 11) is 0. The number of ether oxygens (including phenoxy) is 1. The second kappa shape index (κ2) is 6.65. The molecule has 3 nitrogen and oxygen atoms in total. The lowest BCUT2D eigenvalue weighted by atomic mass is 9.77. The van der Waals surface area contributed by atoms with Gasteiger partial charge in [0.05, 0.1) is 5.54 Å². The van der Waals surface area contributed by atoms with Crippen molar-refractivity contribution < 1.29 is 9.53 Å². The molecule has 0 atom stereocenters. The van der Waals surface area contributed by atoms with Gasteiger partial charge in [-0.3, -0.25) is 0 Å². The molecule has 0 unspecified atom stereocenters. The Morgan fingerprint density at radius 3 is 2.09 bits per heavy atom. The highest BCUT2D eigenvalue weighted by Crippen LogP contribution is 2.37. The number of amides is 1. The number of carbonyl (C=O) groups is 1. The van der Waals surface area contributed by atoms with Gasteiger partial charge in [0.1, 0.15) is 5.75 Å². The monoisotopic (exact) mass is 295 g/mol. The maximum Gasteiger partial charge on any atom is 0.413 e. The van der Waals surface area contributed by atoms with Gasteiger partial charge in [0.2, 0.25) is 0 Å². The van der Waals surface area contributed by atoms with Crippen molar-refractivity contribution in [3.8, 4) is 5.75 Å². The molecule has 1 aliphatic carbocycles. The molecule has 1 amide bonds. The van der Waals surface area contributed by atoms with Crippen molar-refractivity contribution in [2.24, 2.45) is 0 Å².